The van der Waals surface area contributed by atoms with E-state index in [9.17, 15) is 18.3 Å². The molecule has 24 heavy (non-hydrogen) atoms. The number of piperazine rings is 1. The summed E-state index contributed by atoms with van der Waals surface area (Å²) in [6.45, 7) is 3.56. The number of carbonyl (C=O) groups excluding carboxylic acids is 1. The summed E-state index contributed by atoms with van der Waals surface area (Å²) < 4.78 is 25.9. The van der Waals surface area contributed by atoms with Crippen molar-refractivity contribution in [3.8, 4) is 5.75 Å². The average molecular weight is 364 g/mol. The molecule has 0 aromatic heterocycles. The topological polar surface area (TPSA) is 101 Å². The molecule has 2 aliphatic rings. The molecule has 7 nitrogen and oxygen atoms in total. The molecule has 1 saturated heterocycles. The van der Waals surface area contributed by atoms with Crippen LogP contribution in [0.3, 0.4) is 0 Å². The van der Waals surface area contributed by atoms with Gasteiger partial charge in [0.1, 0.15) is 0 Å². The van der Waals surface area contributed by atoms with E-state index in [2.05, 4.69) is 4.90 Å². The van der Waals surface area contributed by atoms with Crippen LogP contribution in [0.25, 0.3) is 0 Å². The van der Waals surface area contributed by atoms with E-state index in [1.165, 1.54) is 25.0 Å². The monoisotopic (exact) mass is 364 g/mol. The molecule has 1 aromatic rings. The van der Waals surface area contributed by atoms with Crippen LogP contribution in [0.4, 0.5) is 0 Å². The molecule has 3 rings (SSSR count). The van der Waals surface area contributed by atoms with Crippen molar-refractivity contribution in [1.82, 2.24) is 9.80 Å². The maximum Gasteiger partial charge on any atom is 1.00 e. The van der Waals surface area contributed by atoms with Crippen LogP contribution < -0.4 is 34.7 Å². The average Bonchev–Trinajstić information content (AvgIpc) is 3.30. The van der Waals surface area contributed by atoms with Gasteiger partial charge in [0.05, 0.1) is 6.26 Å². The minimum absolute atomic E-state index is 0. The number of amides is 1. The molecule has 0 atom stereocenters. The first-order valence-electron chi connectivity index (χ1n) is 7.47. The van der Waals surface area contributed by atoms with Crippen LogP contribution in [0.5, 0.6) is 5.75 Å². The van der Waals surface area contributed by atoms with Crippen molar-refractivity contribution in [2.45, 2.75) is 18.9 Å². The Morgan fingerprint density at radius 3 is 2.00 bits per heavy atom. The molecule has 1 aliphatic heterocycles. The van der Waals surface area contributed by atoms with Gasteiger partial charge in [-0.2, -0.15) is 8.42 Å². The van der Waals surface area contributed by atoms with E-state index < -0.39 is 10.1 Å². The van der Waals surface area contributed by atoms with Crippen molar-refractivity contribution < 1.29 is 52.4 Å². The molecule has 0 bridgehead atoms. The first-order valence-corrected chi connectivity index (χ1v) is 9.32. The zero-order valence-electron chi connectivity index (χ0n) is 14.0. The van der Waals surface area contributed by atoms with E-state index in [4.69, 9.17) is 4.55 Å². The van der Waals surface area contributed by atoms with Gasteiger partial charge >= 0.3 is 29.6 Å². The van der Waals surface area contributed by atoms with Crippen molar-refractivity contribution >= 4 is 16.0 Å². The SMILES string of the molecule is CS(=O)(=O)O.O=C(c1ccc([O-])cc1)N1CCN(C2CC2)CC1.[Na+]. The molecule has 1 N–H and O–H groups in total. The molecular formula is C15H21N2NaO5S. The summed E-state index contributed by atoms with van der Waals surface area (Å²) in [5.74, 6) is -0.00412. The Hall–Kier alpha value is -0.640. The quantitative estimate of drug-likeness (QED) is 0.449. The Labute approximate surface area is 164 Å². The van der Waals surface area contributed by atoms with Gasteiger partial charge in [-0.25, -0.2) is 0 Å². The summed E-state index contributed by atoms with van der Waals surface area (Å²) >= 11 is 0. The Kier molecular flexibility index (Phi) is 8.17. The Balaban J connectivity index is 0.000000425. The fraction of sp³-hybridized carbons (Fsp3) is 0.533. The Morgan fingerprint density at radius 1 is 1.12 bits per heavy atom. The number of nitrogens with zero attached hydrogens (tertiary/aromatic N) is 2. The molecule has 1 aromatic carbocycles. The Bertz CT molecular complexity index is 630. The van der Waals surface area contributed by atoms with E-state index in [1.54, 1.807) is 12.1 Å². The minimum atomic E-state index is -3.67. The van der Waals surface area contributed by atoms with Crippen LogP contribution in [0, 0.1) is 0 Å². The van der Waals surface area contributed by atoms with Crippen molar-refractivity contribution in [2.75, 3.05) is 32.4 Å². The molecule has 0 radical (unpaired) electrons. The van der Waals surface area contributed by atoms with Crippen molar-refractivity contribution in [3.63, 3.8) is 0 Å². The maximum atomic E-state index is 12.2. The minimum Gasteiger partial charge on any atom is -0.872 e. The number of benzene rings is 1. The second-order valence-corrected chi connectivity index (χ2v) is 7.28. The standard InChI is InChI=1S/C14H18N2O2.CH4O3S.Na/c17-13-5-1-11(2-6-13)14(18)16-9-7-15(8-10-16)12-3-4-12;1-5(2,3)4;/h1-2,5-6,12,17H,3-4,7-10H2;1H3,(H,2,3,4);/q;;+1/p-1. The second kappa shape index (κ2) is 9.17. The first kappa shape index (κ1) is 21.4. The van der Waals surface area contributed by atoms with Crippen LogP contribution in [0.2, 0.25) is 0 Å². The van der Waals surface area contributed by atoms with Crippen LogP contribution in [-0.2, 0) is 10.1 Å². The number of rotatable bonds is 2. The third-order valence-electron chi connectivity index (χ3n) is 3.77. The summed E-state index contributed by atoms with van der Waals surface area (Å²) in [4.78, 5) is 16.6. The van der Waals surface area contributed by atoms with Crippen molar-refractivity contribution in [1.29, 1.82) is 0 Å². The van der Waals surface area contributed by atoms with Crippen LogP contribution in [0.15, 0.2) is 24.3 Å². The van der Waals surface area contributed by atoms with E-state index in [0.717, 1.165) is 32.2 Å². The molecule has 1 saturated carbocycles. The predicted molar refractivity (Wildman–Crippen MR) is 83.9 cm³/mol. The number of hydrogen-bond acceptors (Lipinski definition) is 5. The summed E-state index contributed by atoms with van der Waals surface area (Å²) in [5, 5.41) is 11.0. The molecule has 1 amide bonds. The molecule has 1 aliphatic carbocycles. The molecule has 0 unspecified atom stereocenters. The molecular weight excluding hydrogens is 343 g/mol. The van der Waals surface area contributed by atoms with Gasteiger partial charge in [-0.1, -0.05) is 24.3 Å². The van der Waals surface area contributed by atoms with Gasteiger partial charge in [0.15, 0.2) is 0 Å². The van der Waals surface area contributed by atoms with Gasteiger partial charge in [-0.15, -0.1) is 5.75 Å². The molecule has 2 fully saturated rings. The zero-order chi connectivity index (χ0) is 17.0. The van der Waals surface area contributed by atoms with Gasteiger partial charge in [0, 0.05) is 37.8 Å². The second-order valence-electron chi connectivity index (χ2n) is 5.82. The predicted octanol–water partition coefficient (Wildman–Crippen LogP) is -2.81. The number of carbonyl (C=O) groups is 1. The summed E-state index contributed by atoms with van der Waals surface area (Å²) in [5.41, 5.74) is 0.620. The summed E-state index contributed by atoms with van der Waals surface area (Å²) in [6.07, 6.45) is 3.35. The molecule has 1 heterocycles. The number of hydrogen-bond donors (Lipinski definition) is 1. The van der Waals surface area contributed by atoms with E-state index >= 15 is 0 Å². The third-order valence-corrected chi connectivity index (χ3v) is 3.77. The maximum absolute atomic E-state index is 12.2. The summed E-state index contributed by atoms with van der Waals surface area (Å²) in [7, 11) is -3.67. The zero-order valence-corrected chi connectivity index (χ0v) is 16.8. The van der Waals surface area contributed by atoms with Crippen molar-refractivity contribution in [3.05, 3.63) is 29.8 Å². The van der Waals surface area contributed by atoms with Gasteiger partial charge in [0.25, 0.3) is 16.0 Å². The fourth-order valence-electron chi connectivity index (χ4n) is 2.51. The first-order chi connectivity index (χ1) is 10.7. The summed E-state index contributed by atoms with van der Waals surface area (Å²) in [6, 6.07) is 6.93. The molecule has 0 spiro atoms. The smallest absolute Gasteiger partial charge is 0.872 e. The van der Waals surface area contributed by atoms with E-state index in [1.807, 2.05) is 4.90 Å². The molecule has 9 heteroatoms. The van der Waals surface area contributed by atoms with Crippen LogP contribution >= 0.6 is 0 Å². The largest absolute Gasteiger partial charge is 1.00 e. The van der Waals surface area contributed by atoms with Gasteiger partial charge in [-0.05, 0) is 12.8 Å². The van der Waals surface area contributed by atoms with E-state index in [-0.39, 0.29) is 41.2 Å². The fourth-order valence-corrected chi connectivity index (χ4v) is 2.51. The van der Waals surface area contributed by atoms with Gasteiger partial charge < -0.3 is 10.0 Å². The third kappa shape index (κ3) is 7.50. The van der Waals surface area contributed by atoms with Gasteiger partial charge in [-0.3, -0.25) is 14.2 Å². The molecule has 128 valence electrons. The normalized spacial score (nSPS) is 18.2. The Morgan fingerprint density at radius 2 is 1.58 bits per heavy atom. The van der Waals surface area contributed by atoms with Crippen molar-refractivity contribution in [2.24, 2.45) is 0 Å². The van der Waals surface area contributed by atoms with Crippen LogP contribution in [0.1, 0.15) is 23.2 Å². The van der Waals surface area contributed by atoms with E-state index in [0.29, 0.717) is 11.8 Å². The van der Waals surface area contributed by atoms with Gasteiger partial charge in [0.2, 0.25) is 0 Å². The van der Waals surface area contributed by atoms with Crippen LogP contribution in [-0.4, -0.2) is 67.2 Å².